The number of benzene rings is 1. The molecule has 92 valence electrons. The fourth-order valence-corrected chi connectivity index (χ4v) is 1.66. The number of aliphatic carboxylic acids is 2. The van der Waals surface area contributed by atoms with E-state index in [1.165, 1.54) is 18.5 Å². The van der Waals surface area contributed by atoms with Gasteiger partial charge in [-0.1, -0.05) is 30.3 Å². The van der Waals surface area contributed by atoms with Gasteiger partial charge in [0.05, 0.1) is 0 Å². The minimum absolute atomic E-state index is 0.760. The molecular formula is C12H15NO4. The van der Waals surface area contributed by atoms with Crippen LogP contribution >= 0.6 is 0 Å². The third-order valence-corrected chi connectivity index (χ3v) is 2.51. The first-order chi connectivity index (χ1) is 8.11. The van der Waals surface area contributed by atoms with E-state index in [-0.39, 0.29) is 0 Å². The van der Waals surface area contributed by atoms with Crippen LogP contribution in [0.3, 0.4) is 0 Å². The monoisotopic (exact) mass is 237 g/mol. The van der Waals surface area contributed by atoms with Gasteiger partial charge in [0.25, 0.3) is 0 Å². The summed E-state index contributed by atoms with van der Waals surface area (Å²) in [7, 11) is 0. The van der Waals surface area contributed by atoms with Gasteiger partial charge in [-0.25, -0.2) is 9.59 Å². The first-order valence-electron chi connectivity index (χ1n) is 5.33. The van der Waals surface area contributed by atoms with Gasteiger partial charge in [-0.2, -0.15) is 0 Å². The summed E-state index contributed by atoms with van der Waals surface area (Å²) >= 11 is 0. The van der Waals surface area contributed by atoms with Gasteiger partial charge in [0.2, 0.25) is 0 Å². The molecule has 3 N–H and O–H groups in total. The van der Waals surface area contributed by atoms with Crippen molar-refractivity contribution in [1.82, 2.24) is 5.32 Å². The van der Waals surface area contributed by atoms with Crippen molar-refractivity contribution in [2.45, 2.75) is 12.3 Å². The van der Waals surface area contributed by atoms with E-state index in [0.29, 0.717) is 0 Å². The molecule has 17 heavy (non-hydrogen) atoms. The molecule has 0 radical (unpaired) electrons. The highest BCUT2D eigenvalue weighted by Crippen LogP contribution is 2.21. The molecule has 1 saturated heterocycles. The first kappa shape index (κ1) is 13.2. The standard InChI is InChI=1S/C10H13N.C2H2O4/c1-2-4-9(5-3-1)10-6-7-11-8-10;3-1(4)2(5)6/h1-5,10-11H,6-8H2;(H,3,4)(H,5,6). The van der Waals surface area contributed by atoms with Gasteiger partial charge in [0.15, 0.2) is 0 Å². The number of carbonyl (C=O) groups is 2. The van der Waals surface area contributed by atoms with Crippen molar-refractivity contribution in [3.63, 3.8) is 0 Å². The zero-order chi connectivity index (χ0) is 12.7. The Morgan fingerprint density at radius 3 is 2.12 bits per heavy atom. The Balaban J connectivity index is 0.000000209. The number of carboxylic acids is 2. The third-order valence-electron chi connectivity index (χ3n) is 2.51. The molecule has 5 nitrogen and oxygen atoms in total. The van der Waals surface area contributed by atoms with Crippen LogP contribution in [0.1, 0.15) is 17.9 Å². The molecule has 1 atom stereocenters. The summed E-state index contributed by atoms with van der Waals surface area (Å²) in [5.41, 5.74) is 1.48. The summed E-state index contributed by atoms with van der Waals surface area (Å²) in [6.45, 7) is 2.34. The summed E-state index contributed by atoms with van der Waals surface area (Å²) in [5.74, 6) is -2.89. The summed E-state index contributed by atoms with van der Waals surface area (Å²) in [6, 6.07) is 10.8. The Morgan fingerprint density at radius 2 is 1.71 bits per heavy atom. The van der Waals surface area contributed by atoms with Crippen LogP contribution in [0, 0.1) is 0 Å². The SMILES string of the molecule is O=C(O)C(=O)O.c1ccc(C2CCNC2)cc1. The maximum atomic E-state index is 9.10. The zero-order valence-corrected chi connectivity index (χ0v) is 9.30. The molecule has 0 aromatic heterocycles. The molecule has 1 heterocycles. The van der Waals surface area contributed by atoms with Crippen LogP contribution in [0.5, 0.6) is 0 Å². The van der Waals surface area contributed by atoms with E-state index < -0.39 is 11.9 Å². The lowest BCUT2D eigenvalue weighted by Gasteiger charge is -2.06. The quantitative estimate of drug-likeness (QED) is 0.632. The fourth-order valence-electron chi connectivity index (χ4n) is 1.66. The fraction of sp³-hybridized carbons (Fsp3) is 0.333. The van der Waals surface area contributed by atoms with Gasteiger partial charge < -0.3 is 15.5 Å². The van der Waals surface area contributed by atoms with Gasteiger partial charge >= 0.3 is 11.9 Å². The lowest BCUT2D eigenvalue weighted by atomic mass is 9.99. The van der Waals surface area contributed by atoms with Crippen molar-refractivity contribution in [2.24, 2.45) is 0 Å². The first-order valence-corrected chi connectivity index (χ1v) is 5.33. The molecule has 1 unspecified atom stereocenters. The molecule has 1 aliphatic rings. The number of hydrogen-bond donors (Lipinski definition) is 3. The van der Waals surface area contributed by atoms with E-state index in [0.717, 1.165) is 12.5 Å². The third kappa shape index (κ3) is 4.65. The average Bonchev–Trinajstić information content (AvgIpc) is 2.84. The van der Waals surface area contributed by atoms with Crippen LogP contribution in [-0.4, -0.2) is 35.2 Å². The predicted molar refractivity (Wildman–Crippen MR) is 61.9 cm³/mol. The van der Waals surface area contributed by atoms with E-state index in [9.17, 15) is 0 Å². The van der Waals surface area contributed by atoms with Crippen LogP contribution in [0.15, 0.2) is 30.3 Å². The molecule has 5 heteroatoms. The Morgan fingerprint density at radius 1 is 1.12 bits per heavy atom. The largest absolute Gasteiger partial charge is 0.473 e. The average molecular weight is 237 g/mol. The van der Waals surface area contributed by atoms with Crippen LogP contribution < -0.4 is 5.32 Å². The summed E-state index contributed by atoms with van der Waals surface area (Å²) in [6.07, 6.45) is 1.30. The molecule has 1 aromatic carbocycles. The maximum absolute atomic E-state index is 9.10. The number of nitrogens with one attached hydrogen (secondary N) is 1. The van der Waals surface area contributed by atoms with E-state index >= 15 is 0 Å². The lowest BCUT2D eigenvalue weighted by Crippen LogP contribution is -2.09. The summed E-state index contributed by atoms with van der Waals surface area (Å²) in [5, 5.41) is 18.2. The molecule has 1 fully saturated rings. The van der Waals surface area contributed by atoms with Crippen LogP contribution in [-0.2, 0) is 9.59 Å². The minimum Gasteiger partial charge on any atom is -0.473 e. The number of rotatable bonds is 1. The van der Waals surface area contributed by atoms with Crippen molar-refractivity contribution < 1.29 is 19.8 Å². The molecule has 0 aliphatic carbocycles. The molecule has 0 bridgehead atoms. The van der Waals surface area contributed by atoms with Gasteiger partial charge in [0.1, 0.15) is 0 Å². The maximum Gasteiger partial charge on any atom is 0.414 e. The van der Waals surface area contributed by atoms with Crippen LogP contribution in [0.2, 0.25) is 0 Å². The second-order valence-electron chi connectivity index (χ2n) is 3.71. The molecular weight excluding hydrogens is 222 g/mol. The van der Waals surface area contributed by atoms with Gasteiger partial charge in [0, 0.05) is 6.54 Å². The minimum atomic E-state index is -1.82. The molecule has 2 rings (SSSR count). The van der Waals surface area contributed by atoms with Crippen molar-refractivity contribution in [3.05, 3.63) is 35.9 Å². The van der Waals surface area contributed by atoms with Crippen molar-refractivity contribution >= 4 is 11.9 Å². The zero-order valence-electron chi connectivity index (χ0n) is 9.30. The van der Waals surface area contributed by atoms with Crippen LogP contribution in [0.25, 0.3) is 0 Å². The topological polar surface area (TPSA) is 86.6 Å². The van der Waals surface area contributed by atoms with Gasteiger partial charge in [-0.15, -0.1) is 0 Å². The van der Waals surface area contributed by atoms with E-state index in [2.05, 4.69) is 35.6 Å². The smallest absolute Gasteiger partial charge is 0.414 e. The van der Waals surface area contributed by atoms with Crippen LogP contribution in [0.4, 0.5) is 0 Å². The van der Waals surface area contributed by atoms with E-state index in [4.69, 9.17) is 19.8 Å². The normalized spacial score (nSPS) is 18.0. The summed E-state index contributed by atoms with van der Waals surface area (Å²) < 4.78 is 0. The second-order valence-corrected chi connectivity index (χ2v) is 3.71. The highest BCUT2D eigenvalue weighted by molar-refractivity contribution is 6.27. The molecule has 0 saturated carbocycles. The Bertz CT molecular complexity index is 359. The highest BCUT2D eigenvalue weighted by atomic mass is 16.4. The number of carboxylic acid groups (broad SMARTS) is 2. The highest BCUT2D eigenvalue weighted by Gasteiger charge is 2.15. The molecule has 0 spiro atoms. The molecule has 1 aliphatic heterocycles. The second kappa shape index (κ2) is 6.65. The van der Waals surface area contributed by atoms with E-state index in [1.54, 1.807) is 0 Å². The van der Waals surface area contributed by atoms with Gasteiger partial charge in [-0.05, 0) is 24.4 Å². The van der Waals surface area contributed by atoms with E-state index in [1.807, 2.05) is 0 Å². The summed E-state index contributed by atoms with van der Waals surface area (Å²) in [4.78, 5) is 18.2. The Hall–Kier alpha value is -1.88. The van der Waals surface area contributed by atoms with Crippen molar-refractivity contribution in [1.29, 1.82) is 0 Å². The Kier molecular flexibility index (Phi) is 5.16. The molecule has 1 aromatic rings. The lowest BCUT2D eigenvalue weighted by molar-refractivity contribution is -0.159. The van der Waals surface area contributed by atoms with Crippen molar-refractivity contribution in [2.75, 3.05) is 13.1 Å². The van der Waals surface area contributed by atoms with Gasteiger partial charge in [-0.3, -0.25) is 0 Å². The van der Waals surface area contributed by atoms with Crippen molar-refractivity contribution in [3.8, 4) is 0 Å². The molecule has 0 amide bonds. The Labute approximate surface area is 99.1 Å². The number of hydrogen-bond acceptors (Lipinski definition) is 3. The predicted octanol–water partition coefficient (Wildman–Crippen LogP) is 0.919.